The van der Waals surface area contributed by atoms with Crippen LogP contribution in [0.15, 0.2) is 0 Å². The van der Waals surface area contributed by atoms with Gasteiger partial charge in [-0.3, -0.25) is 4.79 Å². The van der Waals surface area contributed by atoms with E-state index in [-0.39, 0.29) is 29.1 Å². The van der Waals surface area contributed by atoms with Crippen molar-refractivity contribution >= 4 is 14.3 Å². The van der Waals surface area contributed by atoms with Gasteiger partial charge in [-0.1, -0.05) is 79.6 Å². The fraction of sp³-hybridized carbons (Fsp3) is 0.955. The summed E-state index contributed by atoms with van der Waals surface area (Å²) >= 11 is 0. The predicted octanol–water partition coefficient (Wildman–Crippen LogP) is 6.86. The van der Waals surface area contributed by atoms with Gasteiger partial charge in [-0.25, -0.2) is 0 Å². The van der Waals surface area contributed by atoms with Crippen LogP contribution in [-0.4, -0.2) is 26.5 Å². The normalized spacial score (nSPS) is 22.0. The van der Waals surface area contributed by atoms with E-state index in [1.165, 1.54) is 38.5 Å². The third kappa shape index (κ3) is 7.34. The van der Waals surface area contributed by atoms with E-state index >= 15 is 0 Å². The largest absolute Gasteiger partial charge is 0.461 e. The molecule has 1 heterocycles. The van der Waals surface area contributed by atoms with E-state index < -0.39 is 8.32 Å². The highest BCUT2D eigenvalue weighted by Gasteiger charge is 2.45. The number of hydrogen-bond acceptors (Lipinski definition) is 3. The average Bonchev–Trinajstić information content (AvgIpc) is 2.52. The molecule has 3 atom stereocenters. The lowest BCUT2D eigenvalue weighted by atomic mass is 9.86. The van der Waals surface area contributed by atoms with E-state index in [0.717, 1.165) is 25.7 Å². The first kappa shape index (κ1) is 23.7. The molecule has 0 amide bonds. The Bertz CT molecular complexity index is 414. The lowest BCUT2D eigenvalue weighted by Crippen LogP contribution is -2.49. The third-order valence-electron chi connectivity index (χ3n) is 6.28. The first-order valence-electron chi connectivity index (χ1n) is 11.0. The summed E-state index contributed by atoms with van der Waals surface area (Å²) in [4.78, 5) is 11.9. The summed E-state index contributed by atoms with van der Waals surface area (Å²) in [6.07, 6.45) is 11.9. The summed E-state index contributed by atoms with van der Waals surface area (Å²) in [5.74, 6) is 0.134. The zero-order valence-corrected chi connectivity index (χ0v) is 19.5. The first-order chi connectivity index (χ1) is 12.1. The van der Waals surface area contributed by atoms with Crippen LogP contribution in [0.4, 0.5) is 0 Å². The maximum Gasteiger partial charge on any atom is 0.313 e. The highest BCUT2D eigenvalue weighted by Crippen LogP contribution is 2.40. The van der Waals surface area contributed by atoms with Crippen LogP contribution in [0.2, 0.25) is 18.1 Å². The highest BCUT2D eigenvalue weighted by molar-refractivity contribution is 6.74. The highest BCUT2D eigenvalue weighted by atomic mass is 28.4. The number of carbonyl (C=O) groups is 1. The minimum absolute atomic E-state index is 0.0196. The summed E-state index contributed by atoms with van der Waals surface area (Å²) in [7, 11) is -1.80. The van der Waals surface area contributed by atoms with Gasteiger partial charge in [0, 0.05) is 12.5 Å². The molecule has 154 valence electrons. The Morgan fingerprint density at radius 2 is 1.65 bits per heavy atom. The van der Waals surface area contributed by atoms with Crippen LogP contribution in [0.5, 0.6) is 0 Å². The van der Waals surface area contributed by atoms with Crippen LogP contribution in [-0.2, 0) is 14.0 Å². The standard InChI is InChI=1S/C22H44O3Si/c1-8-10-12-14-16-19-20(24-21(19)23)17-18(15-13-11-9-2)25-26(6,7)22(3,4)5/h18-20H,8-17H2,1-7H3/t18-,19?,20?/m0/s1. The molecule has 0 aromatic rings. The Balaban J connectivity index is 2.62. The van der Waals surface area contributed by atoms with Gasteiger partial charge in [-0.15, -0.1) is 0 Å². The maximum atomic E-state index is 11.9. The van der Waals surface area contributed by atoms with Gasteiger partial charge in [0.05, 0.1) is 5.92 Å². The maximum absolute atomic E-state index is 11.9. The van der Waals surface area contributed by atoms with E-state index in [9.17, 15) is 4.79 Å². The molecule has 1 aliphatic rings. The number of esters is 1. The van der Waals surface area contributed by atoms with Crippen LogP contribution >= 0.6 is 0 Å². The van der Waals surface area contributed by atoms with Crippen molar-refractivity contribution in [3.63, 3.8) is 0 Å². The van der Waals surface area contributed by atoms with E-state index in [1.54, 1.807) is 0 Å². The first-order valence-corrected chi connectivity index (χ1v) is 13.9. The number of rotatable bonds is 13. The van der Waals surface area contributed by atoms with Gasteiger partial charge in [-0.2, -0.15) is 0 Å². The Morgan fingerprint density at radius 3 is 2.19 bits per heavy atom. The number of ether oxygens (including phenoxy) is 1. The van der Waals surface area contributed by atoms with Crippen molar-refractivity contribution < 1.29 is 14.0 Å². The number of carbonyl (C=O) groups excluding carboxylic acids is 1. The van der Waals surface area contributed by atoms with E-state index in [1.807, 2.05) is 0 Å². The molecule has 0 bridgehead atoms. The van der Waals surface area contributed by atoms with E-state index in [4.69, 9.17) is 9.16 Å². The van der Waals surface area contributed by atoms with Crippen molar-refractivity contribution in [1.29, 1.82) is 0 Å². The summed E-state index contributed by atoms with van der Waals surface area (Å²) in [6.45, 7) is 16.0. The molecular formula is C22H44O3Si. The summed E-state index contributed by atoms with van der Waals surface area (Å²) in [6, 6.07) is 0. The van der Waals surface area contributed by atoms with Crippen molar-refractivity contribution in [2.24, 2.45) is 5.92 Å². The average molecular weight is 385 g/mol. The van der Waals surface area contributed by atoms with Gasteiger partial charge in [0.2, 0.25) is 0 Å². The molecule has 2 unspecified atom stereocenters. The molecule has 0 saturated carbocycles. The van der Waals surface area contributed by atoms with Crippen molar-refractivity contribution in [3.05, 3.63) is 0 Å². The third-order valence-corrected chi connectivity index (χ3v) is 10.8. The monoisotopic (exact) mass is 384 g/mol. The second kappa shape index (κ2) is 10.8. The summed E-state index contributed by atoms with van der Waals surface area (Å²) < 4.78 is 12.3. The Morgan fingerprint density at radius 1 is 1.04 bits per heavy atom. The van der Waals surface area contributed by atoms with Gasteiger partial charge in [0.25, 0.3) is 0 Å². The molecule has 0 spiro atoms. The molecule has 0 N–H and O–H groups in total. The van der Waals surface area contributed by atoms with Crippen LogP contribution < -0.4 is 0 Å². The topological polar surface area (TPSA) is 35.5 Å². The van der Waals surface area contributed by atoms with Crippen molar-refractivity contribution in [2.45, 2.75) is 129 Å². The quantitative estimate of drug-likeness (QED) is 0.198. The molecule has 1 aliphatic heterocycles. The smallest absolute Gasteiger partial charge is 0.313 e. The second-order valence-corrected chi connectivity index (χ2v) is 14.4. The van der Waals surface area contributed by atoms with Gasteiger partial charge in [0.1, 0.15) is 6.10 Å². The molecule has 0 aromatic heterocycles. The Labute approximate surface area is 163 Å². The molecule has 1 fully saturated rings. The van der Waals surface area contributed by atoms with Crippen LogP contribution in [0.1, 0.15) is 98.8 Å². The van der Waals surface area contributed by atoms with E-state index in [0.29, 0.717) is 0 Å². The van der Waals surface area contributed by atoms with Gasteiger partial charge in [0.15, 0.2) is 8.32 Å². The molecular weight excluding hydrogens is 340 g/mol. The lowest BCUT2D eigenvalue weighted by Gasteiger charge is -2.42. The van der Waals surface area contributed by atoms with Gasteiger partial charge < -0.3 is 9.16 Å². The van der Waals surface area contributed by atoms with Crippen LogP contribution in [0.25, 0.3) is 0 Å². The second-order valence-electron chi connectivity index (χ2n) is 9.66. The molecule has 3 nitrogen and oxygen atoms in total. The minimum Gasteiger partial charge on any atom is -0.461 e. The molecule has 1 saturated heterocycles. The minimum atomic E-state index is -1.80. The fourth-order valence-electron chi connectivity index (χ4n) is 3.40. The van der Waals surface area contributed by atoms with Gasteiger partial charge in [-0.05, 0) is 31.0 Å². The van der Waals surface area contributed by atoms with Gasteiger partial charge >= 0.3 is 5.97 Å². The molecule has 26 heavy (non-hydrogen) atoms. The fourth-order valence-corrected chi connectivity index (χ4v) is 4.81. The number of hydrogen-bond donors (Lipinski definition) is 0. The van der Waals surface area contributed by atoms with Crippen molar-refractivity contribution in [3.8, 4) is 0 Å². The molecule has 1 rings (SSSR count). The zero-order chi connectivity index (χ0) is 19.8. The predicted molar refractivity (Wildman–Crippen MR) is 113 cm³/mol. The zero-order valence-electron chi connectivity index (χ0n) is 18.5. The number of unbranched alkanes of at least 4 members (excludes halogenated alkanes) is 5. The molecule has 0 radical (unpaired) electrons. The number of cyclic esters (lactones) is 1. The SMILES string of the molecule is CCCCCCC1C(=O)OC1C[C@H](CCCCC)O[Si](C)(C)C(C)(C)C. The molecule has 0 aromatic carbocycles. The Kier molecular flexibility index (Phi) is 9.88. The van der Waals surface area contributed by atoms with Crippen LogP contribution in [0.3, 0.4) is 0 Å². The van der Waals surface area contributed by atoms with Crippen molar-refractivity contribution in [1.82, 2.24) is 0 Å². The van der Waals surface area contributed by atoms with Crippen molar-refractivity contribution in [2.75, 3.05) is 0 Å². The molecule has 4 heteroatoms. The lowest BCUT2D eigenvalue weighted by molar-refractivity contribution is -0.188. The van der Waals surface area contributed by atoms with Crippen LogP contribution in [0, 0.1) is 5.92 Å². The van der Waals surface area contributed by atoms with E-state index in [2.05, 4.69) is 47.7 Å². The molecule has 0 aliphatic carbocycles. The Hall–Kier alpha value is -0.353. The summed E-state index contributed by atoms with van der Waals surface area (Å²) in [5.41, 5.74) is 0. The summed E-state index contributed by atoms with van der Waals surface area (Å²) in [5, 5.41) is 0.214.